The first kappa shape index (κ1) is 13.5. The van der Waals surface area contributed by atoms with E-state index in [-0.39, 0.29) is 24.2 Å². The quantitative estimate of drug-likeness (QED) is 0.839. The highest BCUT2D eigenvalue weighted by atomic mass is 32.2. The Balaban J connectivity index is 2.28. The number of aromatic nitrogens is 2. The number of rotatable bonds is 5. The zero-order valence-electron chi connectivity index (χ0n) is 10.5. The molecule has 0 aliphatic heterocycles. The minimum Gasteiger partial charge on any atom is -0.395 e. The highest BCUT2D eigenvalue weighted by molar-refractivity contribution is 7.89. The van der Waals surface area contributed by atoms with Crippen molar-refractivity contribution in [1.82, 2.24) is 13.9 Å². The number of hydrogen-bond donors (Lipinski definition) is 1. The van der Waals surface area contributed by atoms with Gasteiger partial charge in [0.25, 0.3) is 10.0 Å². The molecule has 0 unspecified atom stereocenters. The predicted octanol–water partition coefficient (Wildman–Crippen LogP) is 0.346. The van der Waals surface area contributed by atoms with Crippen molar-refractivity contribution in [2.24, 2.45) is 7.05 Å². The van der Waals surface area contributed by atoms with E-state index < -0.39 is 10.0 Å². The molecule has 1 heterocycles. The molecule has 1 aliphatic rings. The van der Waals surface area contributed by atoms with Gasteiger partial charge in [0.2, 0.25) is 0 Å². The van der Waals surface area contributed by atoms with Gasteiger partial charge in [0.05, 0.1) is 12.9 Å². The number of aryl methyl sites for hydroxylation is 1. The molecule has 1 saturated carbocycles. The van der Waals surface area contributed by atoms with Gasteiger partial charge in [-0.25, -0.2) is 13.4 Å². The number of nitrogens with zero attached hydrogens (tertiary/aromatic N) is 3. The van der Waals surface area contributed by atoms with Crippen LogP contribution >= 0.6 is 0 Å². The van der Waals surface area contributed by atoms with Crippen LogP contribution in [0.1, 0.15) is 25.7 Å². The van der Waals surface area contributed by atoms with Gasteiger partial charge in [0.15, 0.2) is 5.03 Å². The van der Waals surface area contributed by atoms with Gasteiger partial charge in [0, 0.05) is 25.8 Å². The Morgan fingerprint density at radius 3 is 2.67 bits per heavy atom. The van der Waals surface area contributed by atoms with E-state index in [9.17, 15) is 8.42 Å². The highest BCUT2D eigenvalue weighted by Gasteiger charge is 2.34. The SMILES string of the molecule is Cn1cnc(S(=O)(=O)N(CCO)C2CCCC2)c1. The van der Waals surface area contributed by atoms with Crippen molar-refractivity contribution in [2.75, 3.05) is 13.2 Å². The van der Waals surface area contributed by atoms with Crippen LogP contribution < -0.4 is 0 Å². The van der Waals surface area contributed by atoms with Crippen LogP contribution in [0, 0.1) is 0 Å². The summed E-state index contributed by atoms with van der Waals surface area (Å²) in [6.07, 6.45) is 6.79. The molecule has 18 heavy (non-hydrogen) atoms. The van der Waals surface area contributed by atoms with Crippen LogP contribution in [0.25, 0.3) is 0 Å². The van der Waals surface area contributed by atoms with Gasteiger partial charge in [-0.1, -0.05) is 12.8 Å². The van der Waals surface area contributed by atoms with Crippen molar-refractivity contribution < 1.29 is 13.5 Å². The summed E-state index contributed by atoms with van der Waals surface area (Å²) in [4.78, 5) is 3.91. The zero-order valence-corrected chi connectivity index (χ0v) is 11.3. The maximum atomic E-state index is 12.5. The third-order valence-electron chi connectivity index (χ3n) is 3.31. The molecular formula is C11H19N3O3S. The van der Waals surface area contributed by atoms with Crippen LogP contribution in [0.2, 0.25) is 0 Å². The molecule has 1 N–H and O–H groups in total. The second-order valence-corrected chi connectivity index (χ2v) is 6.49. The molecule has 2 rings (SSSR count). The number of aliphatic hydroxyl groups excluding tert-OH is 1. The molecule has 1 aliphatic carbocycles. The summed E-state index contributed by atoms with van der Waals surface area (Å²) in [7, 11) is -1.85. The fraction of sp³-hybridized carbons (Fsp3) is 0.727. The van der Waals surface area contributed by atoms with Gasteiger partial charge in [-0.05, 0) is 12.8 Å². The lowest BCUT2D eigenvalue weighted by Gasteiger charge is -2.26. The first-order valence-corrected chi connectivity index (χ1v) is 7.60. The largest absolute Gasteiger partial charge is 0.395 e. The van der Waals surface area contributed by atoms with Crippen LogP contribution in [0.3, 0.4) is 0 Å². The van der Waals surface area contributed by atoms with Crippen LogP contribution in [0.4, 0.5) is 0 Å². The van der Waals surface area contributed by atoms with Gasteiger partial charge in [-0.3, -0.25) is 0 Å². The van der Waals surface area contributed by atoms with Crippen molar-refractivity contribution in [3.63, 3.8) is 0 Å². The van der Waals surface area contributed by atoms with Gasteiger partial charge in [0.1, 0.15) is 0 Å². The smallest absolute Gasteiger partial charge is 0.262 e. The van der Waals surface area contributed by atoms with Crippen LogP contribution in [0.15, 0.2) is 17.6 Å². The van der Waals surface area contributed by atoms with Crippen molar-refractivity contribution in [1.29, 1.82) is 0 Å². The normalized spacial score (nSPS) is 17.7. The minimum atomic E-state index is -3.58. The van der Waals surface area contributed by atoms with Gasteiger partial charge in [-0.2, -0.15) is 4.31 Å². The summed E-state index contributed by atoms with van der Waals surface area (Å²) in [6, 6.07) is 0.00385. The van der Waals surface area contributed by atoms with E-state index in [4.69, 9.17) is 5.11 Å². The molecule has 0 spiro atoms. The van der Waals surface area contributed by atoms with E-state index in [1.54, 1.807) is 11.6 Å². The molecule has 7 heteroatoms. The van der Waals surface area contributed by atoms with Crippen molar-refractivity contribution in [3.05, 3.63) is 12.5 Å². The Labute approximate surface area is 107 Å². The molecular weight excluding hydrogens is 254 g/mol. The third-order valence-corrected chi connectivity index (χ3v) is 5.14. The fourth-order valence-electron chi connectivity index (χ4n) is 2.43. The molecule has 6 nitrogen and oxygen atoms in total. The van der Waals surface area contributed by atoms with E-state index in [0.717, 1.165) is 25.7 Å². The predicted molar refractivity (Wildman–Crippen MR) is 66.4 cm³/mol. The molecule has 0 aromatic carbocycles. The highest BCUT2D eigenvalue weighted by Crippen LogP contribution is 2.27. The Hall–Kier alpha value is -0.920. The fourth-order valence-corrected chi connectivity index (χ4v) is 4.08. The monoisotopic (exact) mass is 273 g/mol. The second-order valence-electron chi connectivity index (χ2n) is 4.66. The summed E-state index contributed by atoms with van der Waals surface area (Å²) < 4.78 is 27.9. The van der Waals surface area contributed by atoms with E-state index in [1.807, 2.05) is 0 Å². The number of hydrogen-bond acceptors (Lipinski definition) is 4. The minimum absolute atomic E-state index is 0.00385. The standard InChI is InChI=1S/C11H19N3O3S/c1-13-8-11(12-9-13)18(16,17)14(6-7-15)10-4-2-3-5-10/h8-10,15H,2-7H2,1H3. The van der Waals surface area contributed by atoms with Crippen molar-refractivity contribution in [2.45, 2.75) is 36.8 Å². The first-order valence-electron chi connectivity index (χ1n) is 6.16. The average Bonchev–Trinajstić information content (AvgIpc) is 2.96. The van der Waals surface area contributed by atoms with E-state index in [1.165, 1.54) is 16.8 Å². The van der Waals surface area contributed by atoms with Crippen LogP contribution in [0.5, 0.6) is 0 Å². The lowest BCUT2D eigenvalue weighted by atomic mass is 10.2. The second kappa shape index (κ2) is 5.38. The summed E-state index contributed by atoms with van der Waals surface area (Å²) in [5.41, 5.74) is 0. The maximum Gasteiger partial charge on any atom is 0.262 e. The summed E-state index contributed by atoms with van der Waals surface area (Å²) in [5.74, 6) is 0. The Bertz CT molecular complexity index is 491. The van der Waals surface area contributed by atoms with Gasteiger partial charge in [-0.15, -0.1) is 0 Å². The van der Waals surface area contributed by atoms with Gasteiger partial charge < -0.3 is 9.67 Å². The van der Waals surface area contributed by atoms with Crippen molar-refractivity contribution in [3.8, 4) is 0 Å². The topological polar surface area (TPSA) is 75.4 Å². The summed E-state index contributed by atoms with van der Waals surface area (Å²) in [6.45, 7) is -0.0217. The molecule has 102 valence electrons. The summed E-state index contributed by atoms with van der Waals surface area (Å²) in [5, 5.41) is 9.14. The molecule has 1 aromatic rings. The summed E-state index contributed by atoms with van der Waals surface area (Å²) >= 11 is 0. The molecule has 0 bridgehead atoms. The first-order chi connectivity index (χ1) is 8.55. The van der Waals surface area contributed by atoms with E-state index in [2.05, 4.69) is 4.98 Å². The van der Waals surface area contributed by atoms with Crippen LogP contribution in [-0.4, -0.2) is 46.6 Å². The molecule has 0 amide bonds. The molecule has 1 fully saturated rings. The van der Waals surface area contributed by atoms with E-state index >= 15 is 0 Å². The molecule has 0 atom stereocenters. The Morgan fingerprint density at radius 2 is 2.17 bits per heavy atom. The lowest BCUT2D eigenvalue weighted by molar-refractivity contribution is 0.226. The maximum absolute atomic E-state index is 12.5. The van der Waals surface area contributed by atoms with Gasteiger partial charge >= 0.3 is 0 Å². The average molecular weight is 273 g/mol. The zero-order chi connectivity index (χ0) is 13.2. The number of aliphatic hydroxyl groups is 1. The van der Waals surface area contributed by atoms with Crippen LogP contribution in [-0.2, 0) is 17.1 Å². The third kappa shape index (κ3) is 2.57. The molecule has 0 radical (unpaired) electrons. The Morgan fingerprint density at radius 1 is 1.50 bits per heavy atom. The number of imidazole rings is 1. The Kier molecular flexibility index (Phi) is 4.04. The lowest BCUT2D eigenvalue weighted by Crippen LogP contribution is -2.40. The van der Waals surface area contributed by atoms with Crippen molar-refractivity contribution >= 4 is 10.0 Å². The molecule has 0 saturated heterocycles. The number of sulfonamides is 1. The molecule has 1 aromatic heterocycles. The van der Waals surface area contributed by atoms with E-state index in [0.29, 0.717) is 0 Å².